The fourth-order valence-electron chi connectivity index (χ4n) is 2.10. The smallest absolute Gasteiger partial charge is 0.191 e. The standard InChI is InChI=1S/C13H22N4OS/c1-16(2)12(11-3-8-19-10-11)9-15-13(14)17-4-6-18-7-5-17/h3,8,10,12H,4-7,9H2,1-2H3,(H2,14,15). The van der Waals surface area contributed by atoms with Gasteiger partial charge in [0.15, 0.2) is 5.96 Å². The van der Waals surface area contributed by atoms with Gasteiger partial charge in [0.2, 0.25) is 0 Å². The van der Waals surface area contributed by atoms with Crippen LogP contribution in [-0.2, 0) is 4.74 Å². The Morgan fingerprint density at radius 1 is 1.53 bits per heavy atom. The van der Waals surface area contributed by atoms with E-state index in [-0.39, 0.29) is 6.04 Å². The Hall–Kier alpha value is -1.11. The number of aliphatic imine (C=N–C) groups is 1. The molecule has 2 heterocycles. The number of thiophene rings is 1. The molecule has 1 aromatic rings. The summed E-state index contributed by atoms with van der Waals surface area (Å²) in [6, 6.07) is 2.43. The van der Waals surface area contributed by atoms with Gasteiger partial charge in [-0.25, -0.2) is 0 Å². The van der Waals surface area contributed by atoms with Gasteiger partial charge in [-0.15, -0.1) is 0 Å². The van der Waals surface area contributed by atoms with Crippen LogP contribution in [0.4, 0.5) is 0 Å². The minimum Gasteiger partial charge on any atom is -0.378 e. The highest BCUT2D eigenvalue weighted by molar-refractivity contribution is 7.07. The first-order valence-corrected chi connectivity index (χ1v) is 7.44. The van der Waals surface area contributed by atoms with Crippen molar-refractivity contribution in [3.63, 3.8) is 0 Å². The van der Waals surface area contributed by atoms with Crippen LogP contribution in [0.5, 0.6) is 0 Å². The quantitative estimate of drug-likeness (QED) is 0.661. The molecule has 1 aliphatic rings. The number of rotatable bonds is 4. The average Bonchev–Trinajstić information content (AvgIpc) is 2.93. The van der Waals surface area contributed by atoms with E-state index in [1.54, 1.807) is 11.3 Å². The molecule has 6 heteroatoms. The van der Waals surface area contributed by atoms with Gasteiger partial charge in [-0.05, 0) is 36.5 Å². The van der Waals surface area contributed by atoms with E-state index < -0.39 is 0 Å². The van der Waals surface area contributed by atoms with Gasteiger partial charge in [-0.3, -0.25) is 4.99 Å². The topological polar surface area (TPSA) is 54.1 Å². The Balaban J connectivity index is 1.97. The van der Waals surface area contributed by atoms with Crippen molar-refractivity contribution in [1.29, 1.82) is 0 Å². The third kappa shape index (κ3) is 3.92. The van der Waals surface area contributed by atoms with Crippen LogP contribution in [0.25, 0.3) is 0 Å². The molecular weight excluding hydrogens is 260 g/mol. The number of ether oxygens (including phenoxy) is 1. The molecule has 0 aliphatic carbocycles. The first-order chi connectivity index (χ1) is 9.18. The van der Waals surface area contributed by atoms with Crippen molar-refractivity contribution < 1.29 is 4.74 Å². The van der Waals surface area contributed by atoms with Crippen LogP contribution in [0, 0.1) is 0 Å². The summed E-state index contributed by atoms with van der Waals surface area (Å²) >= 11 is 1.71. The molecule has 1 saturated heterocycles. The van der Waals surface area contributed by atoms with Gasteiger partial charge >= 0.3 is 0 Å². The van der Waals surface area contributed by atoms with Gasteiger partial charge in [0.25, 0.3) is 0 Å². The molecule has 0 radical (unpaired) electrons. The van der Waals surface area contributed by atoms with Crippen molar-refractivity contribution in [2.75, 3.05) is 46.9 Å². The fourth-order valence-corrected chi connectivity index (χ4v) is 2.81. The molecule has 1 aliphatic heterocycles. The van der Waals surface area contributed by atoms with Crippen LogP contribution in [-0.4, -0.2) is 62.7 Å². The average molecular weight is 282 g/mol. The second kappa shape index (κ2) is 6.88. The number of hydrogen-bond acceptors (Lipinski definition) is 4. The molecule has 0 aromatic carbocycles. The van der Waals surface area contributed by atoms with Crippen molar-refractivity contribution in [2.45, 2.75) is 6.04 Å². The lowest BCUT2D eigenvalue weighted by molar-refractivity contribution is 0.0673. The molecule has 1 fully saturated rings. The molecule has 1 unspecified atom stereocenters. The highest BCUT2D eigenvalue weighted by atomic mass is 32.1. The van der Waals surface area contributed by atoms with E-state index in [0.29, 0.717) is 12.5 Å². The highest BCUT2D eigenvalue weighted by Gasteiger charge is 2.16. The second-order valence-corrected chi connectivity index (χ2v) is 5.61. The molecule has 5 nitrogen and oxygen atoms in total. The molecule has 1 atom stereocenters. The number of nitrogens with two attached hydrogens (primary N) is 1. The third-order valence-corrected chi connectivity index (χ3v) is 4.01. The first-order valence-electron chi connectivity index (χ1n) is 6.49. The Morgan fingerprint density at radius 3 is 2.84 bits per heavy atom. The van der Waals surface area contributed by atoms with Crippen molar-refractivity contribution in [3.05, 3.63) is 22.4 Å². The Kier molecular flexibility index (Phi) is 5.18. The summed E-state index contributed by atoms with van der Waals surface area (Å²) in [7, 11) is 4.14. The van der Waals surface area contributed by atoms with Crippen LogP contribution < -0.4 is 5.73 Å². The number of likely N-dealkylation sites (N-methyl/N-ethyl adjacent to an activating group) is 1. The van der Waals surface area contributed by atoms with Crippen LogP contribution in [0.1, 0.15) is 11.6 Å². The van der Waals surface area contributed by atoms with Crippen LogP contribution in [0.2, 0.25) is 0 Å². The molecule has 19 heavy (non-hydrogen) atoms. The van der Waals surface area contributed by atoms with E-state index in [4.69, 9.17) is 10.5 Å². The maximum atomic E-state index is 6.05. The molecule has 0 spiro atoms. The normalized spacial score (nSPS) is 18.9. The summed E-state index contributed by atoms with van der Waals surface area (Å²) in [5.74, 6) is 0.630. The molecule has 0 amide bonds. The molecule has 2 rings (SSSR count). The Bertz CT molecular complexity index is 399. The molecule has 0 saturated carbocycles. The largest absolute Gasteiger partial charge is 0.378 e. The van der Waals surface area contributed by atoms with Gasteiger partial charge in [-0.2, -0.15) is 11.3 Å². The lowest BCUT2D eigenvalue weighted by atomic mass is 10.1. The molecule has 106 valence electrons. The lowest BCUT2D eigenvalue weighted by Gasteiger charge is -2.28. The van der Waals surface area contributed by atoms with Gasteiger partial charge in [-0.1, -0.05) is 0 Å². The maximum Gasteiger partial charge on any atom is 0.191 e. The summed E-state index contributed by atoms with van der Waals surface area (Å²) in [5, 5.41) is 4.27. The zero-order valence-corrected chi connectivity index (χ0v) is 12.4. The summed E-state index contributed by atoms with van der Waals surface area (Å²) in [5.41, 5.74) is 7.35. The summed E-state index contributed by atoms with van der Waals surface area (Å²) in [6.07, 6.45) is 0. The molecule has 1 aromatic heterocycles. The van der Waals surface area contributed by atoms with Crippen molar-refractivity contribution >= 4 is 17.3 Å². The Labute approximate surface area is 118 Å². The predicted octanol–water partition coefficient (Wildman–Crippen LogP) is 0.998. The van der Waals surface area contributed by atoms with E-state index >= 15 is 0 Å². The van der Waals surface area contributed by atoms with Gasteiger partial charge in [0, 0.05) is 13.1 Å². The minimum absolute atomic E-state index is 0.283. The van der Waals surface area contributed by atoms with Crippen LogP contribution in [0.15, 0.2) is 21.8 Å². The van der Waals surface area contributed by atoms with Crippen LogP contribution in [0.3, 0.4) is 0 Å². The maximum absolute atomic E-state index is 6.05. The number of nitrogens with zero attached hydrogens (tertiary/aromatic N) is 3. The second-order valence-electron chi connectivity index (χ2n) is 4.83. The van der Waals surface area contributed by atoms with E-state index in [9.17, 15) is 0 Å². The Morgan fingerprint density at radius 2 is 2.26 bits per heavy atom. The van der Waals surface area contributed by atoms with E-state index in [1.165, 1.54) is 5.56 Å². The van der Waals surface area contributed by atoms with Crippen molar-refractivity contribution in [2.24, 2.45) is 10.7 Å². The number of morpholine rings is 1. The fraction of sp³-hybridized carbons (Fsp3) is 0.615. The zero-order chi connectivity index (χ0) is 13.7. The molecular formula is C13H22N4OS. The predicted molar refractivity (Wildman–Crippen MR) is 79.6 cm³/mol. The van der Waals surface area contributed by atoms with E-state index in [1.807, 2.05) is 0 Å². The third-order valence-electron chi connectivity index (χ3n) is 3.31. The number of hydrogen-bond donors (Lipinski definition) is 1. The summed E-state index contributed by atoms with van der Waals surface area (Å²) < 4.78 is 5.31. The SMILES string of the molecule is CN(C)C(CN=C(N)N1CCOCC1)c1ccsc1. The van der Waals surface area contributed by atoms with Gasteiger partial charge < -0.3 is 20.3 Å². The van der Waals surface area contributed by atoms with E-state index in [2.05, 4.69) is 45.7 Å². The van der Waals surface area contributed by atoms with Gasteiger partial charge in [0.1, 0.15) is 0 Å². The number of guanidine groups is 1. The lowest BCUT2D eigenvalue weighted by Crippen LogP contribution is -2.45. The van der Waals surface area contributed by atoms with Gasteiger partial charge in [0.05, 0.1) is 25.8 Å². The van der Waals surface area contributed by atoms with Crippen molar-refractivity contribution in [3.8, 4) is 0 Å². The molecule has 2 N–H and O–H groups in total. The monoisotopic (exact) mass is 282 g/mol. The highest BCUT2D eigenvalue weighted by Crippen LogP contribution is 2.21. The van der Waals surface area contributed by atoms with Crippen molar-refractivity contribution in [1.82, 2.24) is 9.80 Å². The summed E-state index contributed by atoms with van der Waals surface area (Å²) in [6.45, 7) is 3.82. The summed E-state index contributed by atoms with van der Waals surface area (Å²) in [4.78, 5) is 8.82. The van der Waals surface area contributed by atoms with Crippen LogP contribution >= 0.6 is 11.3 Å². The first kappa shape index (κ1) is 14.3. The zero-order valence-electron chi connectivity index (χ0n) is 11.6. The molecule has 0 bridgehead atoms. The minimum atomic E-state index is 0.283. The van der Waals surface area contributed by atoms with E-state index in [0.717, 1.165) is 26.3 Å².